The Labute approximate surface area is 178 Å². The Balaban J connectivity index is 1.34. The van der Waals surface area contributed by atoms with Crippen molar-refractivity contribution in [1.82, 2.24) is 9.88 Å². The lowest BCUT2D eigenvalue weighted by Crippen LogP contribution is -2.35. The molecule has 0 bridgehead atoms. The molecule has 4 rings (SSSR count). The van der Waals surface area contributed by atoms with E-state index < -0.39 is 0 Å². The third-order valence-electron chi connectivity index (χ3n) is 6.08. The van der Waals surface area contributed by atoms with E-state index in [1.807, 2.05) is 48.5 Å². The molecule has 1 aliphatic heterocycles. The van der Waals surface area contributed by atoms with E-state index >= 15 is 0 Å². The van der Waals surface area contributed by atoms with Crippen molar-refractivity contribution in [2.75, 3.05) is 13.2 Å². The van der Waals surface area contributed by atoms with Crippen LogP contribution < -0.4 is 0 Å². The van der Waals surface area contributed by atoms with E-state index in [1.54, 1.807) is 6.20 Å². The van der Waals surface area contributed by atoms with Gasteiger partial charge in [0, 0.05) is 35.7 Å². The Bertz CT molecular complexity index is 972. The van der Waals surface area contributed by atoms with Crippen LogP contribution >= 0.6 is 0 Å². The summed E-state index contributed by atoms with van der Waals surface area (Å²) in [5.41, 5.74) is 3.51. The van der Waals surface area contributed by atoms with Crippen LogP contribution in [-0.2, 0) is 22.7 Å². The van der Waals surface area contributed by atoms with Crippen LogP contribution in [0.2, 0.25) is 0 Å². The smallest absolute Gasteiger partial charge is 0.340 e. The quantitative estimate of drug-likeness (QED) is 0.426. The average Bonchev–Trinajstić information content (AvgIpc) is 3.33. The highest BCUT2D eigenvalue weighted by molar-refractivity contribution is 6.04. The summed E-state index contributed by atoms with van der Waals surface area (Å²) in [4.78, 5) is 18.3. The van der Waals surface area contributed by atoms with Crippen molar-refractivity contribution in [3.05, 3.63) is 71.4 Å². The van der Waals surface area contributed by atoms with E-state index in [0.717, 1.165) is 28.6 Å². The monoisotopic (exact) mass is 406 g/mol. The van der Waals surface area contributed by atoms with Crippen LogP contribution in [0.3, 0.4) is 0 Å². The van der Waals surface area contributed by atoms with Crippen LogP contribution in [0, 0.1) is 0 Å². The van der Waals surface area contributed by atoms with Crippen molar-refractivity contribution in [3.8, 4) is 0 Å². The summed E-state index contributed by atoms with van der Waals surface area (Å²) in [5.74, 6) is -0.319. The number of rotatable bonds is 8. The van der Waals surface area contributed by atoms with Gasteiger partial charge in [-0.2, -0.15) is 0 Å². The number of nitrogens with zero attached hydrogens (tertiary/aromatic N) is 1. The molecule has 2 atom stereocenters. The zero-order chi connectivity index (χ0) is 20.9. The number of carbonyl (C=O) groups is 1. The van der Waals surface area contributed by atoms with E-state index in [1.165, 1.54) is 12.8 Å². The Hall–Kier alpha value is -2.63. The van der Waals surface area contributed by atoms with Gasteiger partial charge in [0.05, 0.1) is 18.8 Å². The highest BCUT2D eigenvalue weighted by Crippen LogP contribution is 2.23. The lowest BCUT2D eigenvalue weighted by Gasteiger charge is -2.25. The molecule has 5 nitrogen and oxygen atoms in total. The largest absolute Gasteiger partial charge is 0.457 e. The number of likely N-dealkylation sites (tertiary alicyclic amines) is 1. The van der Waals surface area contributed by atoms with Crippen LogP contribution in [0.15, 0.2) is 54.7 Å². The Morgan fingerprint density at radius 1 is 1.03 bits per heavy atom. The number of benzene rings is 2. The first-order valence-corrected chi connectivity index (χ1v) is 10.8. The van der Waals surface area contributed by atoms with Gasteiger partial charge in [-0.25, -0.2) is 4.79 Å². The minimum Gasteiger partial charge on any atom is -0.457 e. The van der Waals surface area contributed by atoms with Crippen molar-refractivity contribution >= 4 is 16.9 Å². The maximum Gasteiger partial charge on any atom is 0.340 e. The molecule has 0 spiro atoms. The number of ether oxygens (including phenoxy) is 2. The molecule has 158 valence electrons. The van der Waals surface area contributed by atoms with E-state index in [4.69, 9.17) is 9.47 Å². The van der Waals surface area contributed by atoms with Gasteiger partial charge in [0.1, 0.15) is 6.61 Å². The Kier molecular flexibility index (Phi) is 6.50. The van der Waals surface area contributed by atoms with E-state index in [9.17, 15) is 4.79 Å². The average molecular weight is 407 g/mol. The lowest BCUT2D eigenvalue weighted by molar-refractivity contribution is 0.0475. The number of fused-ring (bicyclic) bond motifs is 1. The van der Waals surface area contributed by atoms with Gasteiger partial charge in [-0.05, 0) is 49.9 Å². The van der Waals surface area contributed by atoms with Gasteiger partial charge in [0.15, 0.2) is 0 Å². The van der Waals surface area contributed by atoms with Crippen LogP contribution in [0.5, 0.6) is 0 Å². The standard InChI is InChI=1S/C25H30N2O3/c1-18-8-9-19(2)27(18)12-13-29-16-21-10-11-24-22(14-21)23(15-26-24)25(28)30-17-20-6-4-3-5-7-20/h3-7,10-11,14-15,18-19,26H,8-9,12-13,16-17H2,1-2H3. The number of aromatic amines is 1. The first kappa shape index (κ1) is 20.6. The lowest BCUT2D eigenvalue weighted by atomic mass is 10.1. The van der Waals surface area contributed by atoms with Crippen molar-refractivity contribution in [2.24, 2.45) is 0 Å². The first-order valence-electron chi connectivity index (χ1n) is 10.8. The van der Waals surface area contributed by atoms with Gasteiger partial charge < -0.3 is 14.5 Å². The molecule has 1 N–H and O–H groups in total. The molecule has 0 aliphatic carbocycles. The molecular weight excluding hydrogens is 376 g/mol. The second-order valence-electron chi connectivity index (χ2n) is 8.21. The molecule has 0 saturated carbocycles. The molecule has 1 fully saturated rings. The van der Waals surface area contributed by atoms with Gasteiger partial charge in [-0.1, -0.05) is 36.4 Å². The van der Waals surface area contributed by atoms with E-state index in [-0.39, 0.29) is 12.6 Å². The second-order valence-corrected chi connectivity index (χ2v) is 8.21. The summed E-state index contributed by atoms with van der Waals surface area (Å²) in [6.07, 6.45) is 4.27. The van der Waals surface area contributed by atoms with E-state index in [0.29, 0.717) is 30.9 Å². The minimum atomic E-state index is -0.319. The molecule has 30 heavy (non-hydrogen) atoms. The number of carbonyl (C=O) groups excluding carboxylic acids is 1. The van der Waals surface area contributed by atoms with Crippen LogP contribution in [0.4, 0.5) is 0 Å². The minimum absolute atomic E-state index is 0.266. The molecule has 0 amide bonds. The Morgan fingerprint density at radius 3 is 2.57 bits per heavy atom. The number of hydrogen-bond donors (Lipinski definition) is 1. The van der Waals surface area contributed by atoms with Crippen molar-refractivity contribution in [2.45, 2.75) is 52.0 Å². The molecule has 1 saturated heterocycles. The molecule has 2 aromatic carbocycles. The number of esters is 1. The number of nitrogens with one attached hydrogen (secondary N) is 1. The third kappa shape index (κ3) is 4.74. The molecule has 5 heteroatoms. The normalized spacial score (nSPS) is 19.4. The SMILES string of the molecule is CC1CCC(C)N1CCOCc1ccc2[nH]cc(C(=O)OCc3ccccc3)c2c1. The summed E-state index contributed by atoms with van der Waals surface area (Å²) < 4.78 is 11.4. The topological polar surface area (TPSA) is 54.6 Å². The summed E-state index contributed by atoms with van der Waals surface area (Å²) in [6, 6.07) is 17.0. The fraction of sp³-hybridized carbons (Fsp3) is 0.400. The number of aromatic nitrogens is 1. The predicted molar refractivity (Wildman–Crippen MR) is 118 cm³/mol. The van der Waals surface area contributed by atoms with Crippen LogP contribution in [0.1, 0.15) is 48.2 Å². The fourth-order valence-corrected chi connectivity index (χ4v) is 4.28. The molecule has 1 aliphatic rings. The molecule has 0 radical (unpaired) electrons. The predicted octanol–water partition coefficient (Wildman–Crippen LogP) is 4.91. The maximum absolute atomic E-state index is 12.6. The van der Waals surface area contributed by atoms with Gasteiger partial charge in [0.2, 0.25) is 0 Å². The Morgan fingerprint density at radius 2 is 1.80 bits per heavy atom. The number of hydrogen-bond acceptors (Lipinski definition) is 4. The summed E-state index contributed by atoms with van der Waals surface area (Å²) in [7, 11) is 0. The van der Waals surface area contributed by atoms with Gasteiger partial charge in [-0.15, -0.1) is 0 Å². The maximum atomic E-state index is 12.6. The van der Waals surface area contributed by atoms with Gasteiger partial charge >= 0.3 is 5.97 Å². The summed E-state index contributed by atoms with van der Waals surface area (Å²) in [6.45, 7) is 7.07. The third-order valence-corrected chi connectivity index (χ3v) is 6.08. The number of H-pyrrole nitrogens is 1. The van der Waals surface area contributed by atoms with Crippen molar-refractivity contribution in [1.29, 1.82) is 0 Å². The zero-order valence-corrected chi connectivity index (χ0v) is 17.8. The highest BCUT2D eigenvalue weighted by Gasteiger charge is 2.26. The van der Waals surface area contributed by atoms with Crippen molar-refractivity contribution in [3.63, 3.8) is 0 Å². The van der Waals surface area contributed by atoms with Gasteiger partial charge in [-0.3, -0.25) is 4.90 Å². The highest BCUT2D eigenvalue weighted by atomic mass is 16.5. The van der Waals surface area contributed by atoms with Gasteiger partial charge in [0.25, 0.3) is 0 Å². The van der Waals surface area contributed by atoms with Crippen LogP contribution in [-0.4, -0.2) is 41.1 Å². The molecule has 1 aromatic heterocycles. The van der Waals surface area contributed by atoms with E-state index in [2.05, 4.69) is 23.7 Å². The summed E-state index contributed by atoms with van der Waals surface area (Å²) in [5, 5.41) is 0.871. The molecule has 2 heterocycles. The first-order chi connectivity index (χ1) is 14.6. The molecular formula is C25H30N2O3. The zero-order valence-electron chi connectivity index (χ0n) is 17.8. The second kappa shape index (κ2) is 9.45. The van der Waals surface area contributed by atoms with Crippen LogP contribution in [0.25, 0.3) is 10.9 Å². The molecule has 3 aromatic rings. The molecule has 2 unspecified atom stereocenters. The fourth-order valence-electron chi connectivity index (χ4n) is 4.28. The van der Waals surface area contributed by atoms with Crippen molar-refractivity contribution < 1.29 is 14.3 Å². The summed E-state index contributed by atoms with van der Waals surface area (Å²) >= 11 is 0.